The Morgan fingerprint density at radius 1 is 1.27 bits per heavy atom. The highest BCUT2D eigenvalue weighted by molar-refractivity contribution is 5.83. The van der Waals surface area contributed by atoms with Crippen LogP contribution in [-0.4, -0.2) is 35.4 Å². The second kappa shape index (κ2) is 6.71. The van der Waals surface area contributed by atoms with Gasteiger partial charge in [0.2, 0.25) is 5.91 Å². The van der Waals surface area contributed by atoms with Gasteiger partial charge in [-0.3, -0.25) is 9.78 Å². The molecule has 1 aromatic carbocycles. The number of hydrogen-bond donors (Lipinski definition) is 1. The summed E-state index contributed by atoms with van der Waals surface area (Å²) >= 11 is 0. The summed E-state index contributed by atoms with van der Waals surface area (Å²) in [6.07, 6.45) is 3.64. The molecule has 1 aliphatic heterocycles. The van der Waals surface area contributed by atoms with Crippen LogP contribution in [-0.2, 0) is 4.79 Å². The van der Waals surface area contributed by atoms with Gasteiger partial charge in [-0.05, 0) is 24.1 Å². The van der Waals surface area contributed by atoms with Gasteiger partial charge < -0.3 is 10.2 Å². The van der Waals surface area contributed by atoms with Gasteiger partial charge in [-0.15, -0.1) is 0 Å². The molecule has 2 aromatic rings. The second-order valence-electron chi connectivity index (χ2n) is 5.71. The summed E-state index contributed by atoms with van der Waals surface area (Å²) in [6, 6.07) is 14.1. The zero-order valence-electron chi connectivity index (χ0n) is 12.8. The highest BCUT2D eigenvalue weighted by Crippen LogP contribution is 2.22. The van der Waals surface area contributed by atoms with Crippen LogP contribution in [0.5, 0.6) is 0 Å². The van der Waals surface area contributed by atoms with E-state index in [0.29, 0.717) is 6.54 Å². The molecule has 1 N–H and O–H groups in total. The maximum atomic E-state index is 12.8. The van der Waals surface area contributed by atoms with Gasteiger partial charge >= 0.3 is 0 Å². The minimum absolute atomic E-state index is 0.103. The van der Waals surface area contributed by atoms with E-state index in [1.165, 1.54) is 0 Å². The molecule has 1 saturated heterocycles. The summed E-state index contributed by atoms with van der Waals surface area (Å²) in [7, 11) is 0. The lowest BCUT2D eigenvalue weighted by Gasteiger charge is -2.35. The van der Waals surface area contributed by atoms with Crippen molar-refractivity contribution in [2.45, 2.75) is 18.9 Å². The number of piperazine rings is 1. The monoisotopic (exact) mass is 295 g/mol. The fourth-order valence-electron chi connectivity index (χ4n) is 2.91. The van der Waals surface area contributed by atoms with Crippen LogP contribution in [0.1, 0.15) is 30.0 Å². The predicted octanol–water partition coefficient (Wildman–Crippen LogP) is 2.36. The van der Waals surface area contributed by atoms with Gasteiger partial charge in [-0.1, -0.05) is 36.4 Å². The molecule has 22 heavy (non-hydrogen) atoms. The van der Waals surface area contributed by atoms with E-state index < -0.39 is 0 Å². The maximum Gasteiger partial charge on any atom is 0.229 e. The van der Waals surface area contributed by atoms with Crippen LogP contribution in [0.3, 0.4) is 0 Å². The molecule has 0 saturated carbocycles. The van der Waals surface area contributed by atoms with Crippen molar-refractivity contribution in [3.8, 4) is 0 Å². The first-order valence-corrected chi connectivity index (χ1v) is 7.73. The molecule has 4 heteroatoms. The van der Waals surface area contributed by atoms with Crippen molar-refractivity contribution < 1.29 is 4.79 Å². The van der Waals surface area contributed by atoms with Gasteiger partial charge in [0.05, 0.1) is 12.0 Å². The Morgan fingerprint density at radius 2 is 2.09 bits per heavy atom. The molecule has 2 heterocycles. The summed E-state index contributed by atoms with van der Waals surface area (Å²) in [5.74, 6) is 0.0930. The first-order valence-electron chi connectivity index (χ1n) is 7.73. The minimum Gasteiger partial charge on any atom is -0.339 e. The van der Waals surface area contributed by atoms with Crippen LogP contribution in [0.15, 0.2) is 54.9 Å². The summed E-state index contributed by atoms with van der Waals surface area (Å²) < 4.78 is 0. The Bertz CT molecular complexity index is 615. The fraction of sp³-hybridized carbons (Fsp3) is 0.333. The van der Waals surface area contributed by atoms with Crippen molar-refractivity contribution >= 4 is 5.91 Å². The van der Waals surface area contributed by atoms with Crippen molar-refractivity contribution in [2.24, 2.45) is 0 Å². The molecule has 3 rings (SSSR count). The van der Waals surface area contributed by atoms with E-state index >= 15 is 0 Å². The Kier molecular flexibility index (Phi) is 4.49. The lowest BCUT2D eigenvalue weighted by molar-refractivity contribution is -0.133. The summed E-state index contributed by atoms with van der Waals surface area (Å²) in [6.45, 7) is 4.25. The quantitative estimate of drug-likeness (QED) is 0.945. The molecule has 2 atom stereocenters. The highest BCUT2D eigenvalue weighted by Gasteiger charge is 2.27. The van der Waals surface area contributed by atoms with Crippen LogP contribution in [0.4, 0.5) is 0 Å². The molecule has 1 aliphatic rings. The zero-order valence-corrected chi connectivity index (χ0v) is 12.8. The topological polar surface area (TPSA) is 45.2 Å². The third-order valence-electron chi connectivity index (χ3n) is 4.24. The summed E-state index contributed by atoms with van der Waals surface area (Å²) in [5, 5.41) is 3.47. The second-order valence-corrected chi connectivity index (χ2v) is 5.71. The van der Waals surface area contributed by atoms with Crippen molar-refractivity contribution in [2.75, 3.05) is 19.6 Å². The summed E-state index contributed by atoms with van der Waals surface area (Å²) in [5.41, 5.74) is 2.20. The Balaban J connectivity index is 1.70. The van der Waals surface area contributed by atoms with Crippen molar-refractivity contribution in [3.63, 3.8) is 0 Å². The number of carbonyl (C=O) groups is 1. The molecule has 0 radical (unpaired) electrons. The van der Waals surface area contributed by atoms with E-state index in [2.05, 4.69) is 16.4 Å². The third kappa shape index (κ3) is 3.17. The Hall–Kier alpha value is -2.20. The highest BCUT2D eigenvalue weighted by atomic mass is 16.2. The van der Waals surface area contributed by atoms with Gasteiger partial charge in [0.1, 0.15) is 0 Å². The van der Waals surface area contributed by atoms with E-state index in [1.54, 1.807) is 6.20 Å². The largest absolute Gasteiger partial charge is 0.339 e. The van der Waals surface area contributed by atoms with Gasteiger partial charge in [0.25, 0.3) is 0 Å². The average molecular weight is 295 g/mol. The standard InChI is InChI=1S/C18H21N3O/c1-14(15-6-3-2-4-7-15)18(22)21-11-10-20-17(13-21)16-8-5-9-19-12-16/h2-9,12,14,17,20H,10-11,13H2,1H3/t14-,17+/m0/s1. The predicted molar refractivity (Wildman–Crippen MR) is 86.4 cm³/mol. The lowest BCUT2D eigenvalue weighted by Crippen LogP contribution is -2.49. The number of rotatable bonds is 3. The number of aromatic nitrogens is 1. The number of nitrogens with one attached hydrogen (secondary N) is 1. The number of benzene rings is 1. The summed E-state index contributed by atoms with van der Waals surface area (Å²) in [4.78, 5) is 18.9. The molecular weight excluding hydrogens is 274 g/mol. The van der Waals surface area contributed by atoms with Crippen molar-refractivity contribution in [1.82, 2.24) is 15.2 Å². The molecule has 4 nitrogen and oxygen atoms in total. The van der Waals surface area contributed by atoms with Gasteiger partial charge in [0.15, 0.2) is 0 Å². The van der Waals surface area contributed by atoms with Crippen LogP contribution < -0.4 is 5.32 Å². The number of amides is 1. The lowest BCUT2D eigenvalue weighted by atomic mass is 9.98. The number of nitrogens with zero attached hydrogens (tertiary/aromatic N) is 2. The molecule has 0 bridgehead atoms. The van der Waals surface area contributed by atoms with Gasteiger partial charge in [-0.2, -0.15) is 0 Å². The molecule has 114 valence electrons. The van der Waals surface area contributed by atoms with Crippen molar-refractivity contribution in [1.29, 1.82) is 0 Å². The van der Waals surface area contributed by atoms with Crippen LogP contribution in [0, 0.1) is 0 Å². The van der Waals surface area contributed by atoms with E-state index in [1.807, 2.05) is 54.4 Å². The average Bonchev–Trinajstić information content (AvgIpc) is 2.62. The van der Waals surface area contributed by atoms with E-state index in [4.69, 9.17) is 0 Å². The molecule has 1 fully saturated rings. The molecular formula is C18H21N3O. The Labute approximate surface area is 131 Å². The molecule has 0 spiro atoms. The SMILES string of the molecule is C[C@H](C(=O)N1CCN[C@@H](c2cccnc2)C1)c1ccccc1. The number of carbonyl (C=O) groups excluding carboxylic acids is 1. The smallest absolute Gasteiger partial charge is 0.229 e. The number of hydrogen-bond acceptors (Lipinski definition) is 3. The van der Waals surface area contributed by atoms with Crippen LogP contribution in [0.25, 0.3) is 0 Å². The third-order valence-corrected chi connectivity index (χ3v) is 4.24. The first-order chi connectivity index (χ1) is 10.8. The molecule has 0 unspecified atom stereocenters. The van der Waals surface area contributed by atoms with E-state index in [9.17, 15) is 4.79 Å². The molecule has 1 amide bonds. The normalized spacial score (nSPS) is 19.7. The van der Waals surface area contributed by atoms with Gasteiger partial charge in [-0.25, -0.2) is 0 Å². The fourth-order valence-corrected chi connectivity index (χ4v) is 2.91. The van der Waals surface area contributed by atoms with Crippen LogP contribution >= 0.6 is 0 Å². The molecule has 1 aromatic heterocycles. The van der Waals surface area contributed by atoms with Crippen molar-refractivity contribution in [3.05, 3.63) is 66.0 Å². The minimum atomic E-state index is -0.103. The zero-order chi connectivity index (χ0) is 15.4. The first kappa shape index (κ1) is 14.7. The van der Waals surface area contributed by atoms with E-state index in [0.717, 1.165) is 24.2 Å². The van der Waals surface area contributed by atoms with E-state index in [-0.39, 0.29) is 17.9 Å². The number of pyridine rings is 1. The Morgan fingerprint density at radius 3 is 2.82 bits per heavy atom. The van der Waals surface area contributed by atoms with Crippen LogP contribution in [0.2, 0.25) is 0 Å². The van der Waals surface area contributed by atoms with Gasteiger partial charge in [0, 0.05) is 32.0 Å². The molecule has 0 aliphatic carbocycles. The maximum absolute atomic E-state index is 12.8.